The summed E-state index contributed by atoms with van der Waals surface area (Å²) in [6.45, 7) is -1.82. The highest BCUT2D eigenvalue weighted by molar-refractivity contribution is 5.87. The van der Waals surface area contributed by atoms with E-state index in [4.69, 9.17) is 5.73 Å². The fourth-order valence-corrected chi connectivity index (χ4v) is 2.78. The molecule has 0 saturated heterocycles. The van der Waals surface area contributed by atoms with Crippen molar-refractivity contribution in [3.8, 4) is 11.3 Å². The van der Waals surface area contributed by atoms with Crippen LogP contribution in [0.15, 0.2) is 24.4 Å². The molecule has 0 fully saturated rings. The normalized spacial score (nSPS) is 14.1. The lowest BCUT2D eigenvalue weighted by Gasteiger charge is -2.42. The van der Waals surface area contributed by atoms with Crippen molar-refractivity contribution in [3.63, 3.8) is 0 Å². The molecule has 1 aromatic heterocycles. The van der Waals surface area contributed by atoms with Crippen LogP contribution in [0.25, 0.3) is 11.3 Å². The highest BCUT2D eigenvalue weighted by atomic mass is 19.4. The highest BCUT2D eigenvalue weighted by Gasteiger charge is 2.64. The maximum atomic E-state index is 14.4. The zero-order chi connectivity index (χ0) is 26.1. The number of ether oxygens (including phenoxy) is 1. The van der Waals surface area contributed by atoms with Crippen LogP contribution in [-0.4, -0.2) is 33.6 Å². The van der Waals surface area contributed by atoms with Crippen molar-refractivity contribution < 1.29 is 45.1 Å². The molecule has 8 nitrogen and oxygen atoms in total. The van der Waals surface area contributed by atoms with Crippen LogP contribution < -0.4 is 16.6 Å². The Morgan fingerprint density at radius 1 is 1.15 bits per heavy atom. The molecule has 1 unspecified atom stereocenters. The van der Waals surface area contributed by atoms with Crippen molar-refractivity contribution in [1.82, 2.24) is 20.6 Å². The van der Waals surface area contributed by atoms with Crippen molar-refractivity contribution in [3.05, 3.63) is 41.6 Å². The van der Waals surface area contributed by atoms with Crippen LogP contribution in [0, 0.1) is 17.0 Å². The molecular formula is C19H20F7N5O3. The fraction of sp³-hybridized carbons (Fsp3) is 0.421. The number of nitrogens with two attached hydrogens (primary N) is 1. The van der Waals surface area contributed by atoms with Crippen LogP contribution in [0.1, 0.15) is 32.9 Å². The number of amides is 2. The zero-order valence-electron chi connectivity index (χ0n) is 17.9. The van der Waals surface area contributed by atoms with E-state index in [1.165, 1.54) is 0 Å². The second-order valence-corrected chi connectivity index (χ2v) is 7.76. The molecule has 2 rings (SSSR count). The molecule has 0 aliphatic heterocycles. The summed E-state index contributed by atoms with van der Waals surface area (Å²) in [6.07, 6.45) is -5.76. The number of halogens is 7. The molecule has 2 amide bonds. The van der Waals surface area contributed by atoms with Crippen LogP contribution in [0.3, 0.4) is 0 Å². The Bertz CT molecular complexity index is 1050. The SMILES string of the molecule is CC(OC(N)=O)(C(=O)NNCc1c(F)cc(-c2ccn(C(F)F)n2)cc1F)C(C)(C)C(F)(F)F. The number of aromatic nitrogens is 2. The van der Waals surface area contributed by atoms with E-state index < -0.39 is 59.5 Å². The van der Waals surface area contributed by atoms with Gasteiger partial charge in [-0.3, -0.25) is 10.2 Å². The van der Waals surface area contributed by atoms with Crippen molar-refractivity contribution in [1.29, 1.82) is 0 Å². The molecule has 4 N–H and O–H groups in total. The summed E-state index contributed by atoms with van der Waals surface area (Å²) in [5.41, 5.74) is 2.01. The van der Waals surface area contributed by atoms with E-state index in [-0.39, 0.29) is 15.9 Å². The van der Waals surface area contributed by atoms with Gasteiger partial charge in [0.1, 0.15) is 17.0 Å². The lowest BCUT2D eigenvalue weighted by atomic mass is 9.74. The first kappa shape index (κ1) is 26.9. The molecule has 0 bridgehead atoms. The average Bonchev–Trinajstić information content (AvgIpc) is 3.18. The predicted octanol–water partition coefficient (Wildman–Crippen LogP) is 3.79. The second kappa shape index (κ2) is 9.48. The van der Waals surface area contributed by atoms with Gasteiger partial charge in [-0.25, -0.2) is 23.7 Å². The first-order valence-corrected chi connectivity index (χ1v) is 9.41. The summed E-state index contributed by atoms with van der Waals surface area (Å²) in [5.74, 6) is -3.81. The fourth-order valence-electron chi connectivity index (χ4n) is 2.78. The molecule has 0 radical (unpaired) electrons. The smallest absolute Gasteiger partial charge is 0.405 e. The summed E-state index contributed by atoms with van der Waals surface area (Å²) in [5, 5.41) is 3.49. The average molecular weight is 499 g/mol. The van der Waals surface area contributed by atoms with E-state index in [1.807, 2.05) is 5.43 Å². The summed E-state index contributed by atoms with van der Waals surface area (Å²) < 4.78 is 99.3. The van der Waals surface area contributed by atoms with Gasteiger partial charge in [-0.05, 0) is 39.0 Å². The van der Waals surface area contributed by atoms with E-state index in [9.17, 15) is 40.3 Å². The number of hydrogen-bond donors (Lipinski definition) is 3. The van der Waals surface area contributed by atoms with Crippen molar-refractivity contribution in [2.45, 2.75) is 45.6 Å². The third-order valence-electron chi connectivity index (χ3n) is 5.35. The van der Waals surface area contributed by atoms with Crippen molar-refractivity contribution >= 4 is 12.0 Å². The summed E-state index contributed by atoms with van der Waals surface area (Å²) >= 11 is 0. The molecule has 34 heavy (non-hydrogen) atoms. The van der Waals surface area contributed by atoms with Gasteiger partial charge >= 0.3 is 18.8 Å². The maximum Gasteiger partial charge on any atom is 0.405 e. The summed E-state index contributed by atoms with van der Waals surface area (Å²) in [7, 11) is 0. The van der Waals surface area contributed by atoms with Gasteiger partial charge in [0.05, 0.1) is 5.69 Å². The van der Waals surface area contributed by atoms with Gasteiger partial charge in [0, 0.05) is 23.9 Å². The first-order chi connectivity index (χ1) is 15.5. The van der Waals surface area contributed by atoms with E-state index in [0.717, 1.165) is 24.4 Å². The van der Waals surface area contributed by atoms with Crippen molar-refractivity contribution in [2.24, 2.45) is 11.1 Å². The molecule has 15 heteroatoms. The van der Waals surface area contributed by atoms with E-state index >= 15 is 0 Å². The number of benzene rings is 1. The first-order valence-electron chi connectivity index (χ1n) is 9.41. The van der Waals surface area contributed by atoms with Crippen LogP contribution in [0.4, 0.5) is 35.5 Å². The third-order valence-corrected chi connectivity index (χ3v) is 5.35. The lowest BCUT2D eigenvalue weighted by molar-refractivity contribution is -0.261. The Hall–Kier alpha value is -3.36. The van der Waals surface area contributed by atoms with Crippen LogP contribution >= 0.6 is 0 Å². The maximum absolute atomic E-state index is 14.4. The Balaban J connectivity index is 2.19. The van der Waals surface area contributed by atoms with Gasteiger partial charge < -0.3 is 10.5 Å². The van der Waals surface area contributed by atoms with Gasteiger partial charge in [-0.15, -0.1) is 0 Å². The molecular weight excluding hydrogens is 479 g/mol. The monoisotopic (exact) mass is 499 g/mol. The van der Waals surface area contributed by atoms with E-state index in [0.29, 0.717) is 20.8 Å². The van der Waals surface area contributed by atoms with Gasteiger partial charge in [-0.2, -0.15) is 27.1 Å². The van der Waals surface area contributed by atoms with Gasteiger partial charge in [-0.1, -0.05) is 0 Å². The summed E-state index contributed by atoms with van der Waals surface area (Å²) in [4.78, 5) is 23.6. The molecule has 188 valence electrons. The number of hydrogen-bond acceptors (Lipinski definition) is 5. The minimum absolute atomic E-state index is 0.139. The van der Waals surface area contributed by atoms with Crippen LogP contribution in [0.2, 0.25) is 0 Å². The molecule has 1 aromatic carbocycles. The number of hydrazine groups is 1. The molecule has 0 aliphatic rings. The minimum Gasteiger partial charge on any atom is -0.432 e. The number of carbonyl (C=O) groups is 2. The minimum atomic E-state index is -5.01. The zero-order valence-corrected chi connectivity index (χ0v) is 17.9. The lowest BCUT2D eigenvalue weighted by Crippen LogP contribution is -2.64. The highest BCUT2D eigenvalue weighted by Crippen LogP contribution is 2.47. The Labute approximate surface area is 188 Å². The molecule has 0 saturated carbocycles. The topological polar surface area (TPSA) is 111 Å². The Morgan fingerprint density at radius 2 is 1.71 bits per heavy atom. The second-order valence-electron chi connectivity index (χ2n) is 7.76. The number of nitrogens with one attached hydrogen (secondary N) is 2. The molecule has 0 spiro atoms. The van der Waals surface area contributed by atoms with E-state index in [1.54, 1.807) is 0 Å². The molecule has 0 aliphatic carbocycles. The molecule has 2 aromatic rings. The molecule has 1 atom stereocenters. The number of nitrogens with zero attached hydrogens (tertiary/aromatic N) is 2. The molecule has 1 heterocycles. The third kappa shape index (κ3) is 5.24. The van der Waals surface area contributed by atoms with Gasteiger partial charge in [0.25, 0.3) is 5.91 Å². The van der Waals surface area contributed by atoms with Crippen molar-refractivity contribution in [2.75, 3.05) is 0 Å². The van der Waals surface area contributed by atoms with Gasteiger partial charge in [0.2, 0.25) is 5.60 Å². The van der Waals surface area contributed by atoms with E-state index in [2.05, 4.69) is 15.3 Å². The number of alkyl halides is 5. The number of rotatable bonds is 8. The largest absolute Gasteiger partial charge is 0.432 e. The Kier molecular flexibility index (Phi) is 7.50. The predicted molar refractivity (Wildman–Crippen MR) is 103 cm³/mol. The number of carbonyl (C=O) groups excluding carboxylic acids is 2. The van der Waals surface area contributed by atoms with Crippen LogP contribution in [0.5, 0.6) is 0 Å². The standard InChI is InChI=1S/C19H20F7N5O3/c1-17(2,19(24,25)26)18(3,34-16(27)33)14(32)29-28-8-10-11(20)6-9(7-12(10)21)13-4-5-31(30-13)15(22)23/h4-7,15,28H,8H2,1-3H3,(H2,27,33)(H,29,32). The van der Waals surface area contributed by atoms with Crippen LogP contribution in [-0.2, 0) is 16.1 Å². The quantitative estimate of drug-likeness (QED) is 0.378. The number of primary amides is 1. The Morgan fingerprint density at radius 3 is 2.15 bits per heavy atom. The summed E-state index contributed by atoms with van der Waals surface area (Å²) in [6, 6.07) is 2.71. The van der Waals surface area contributed by atoms with Gasteiger partial charge in [0.15, 0.2) is 0 Å².